The van der Waals surface area contributed by atoms with Crippen molar-refractivity contribution in [2.24, 2.45) is 17.6 Å². The van der Waals surface area contributed by atoms with Crippen LogP contribution in [0.15, 0.2) is 0 Å². The third kappa shape index (κ3) is 2.43. The summed E-state index contributed by atoms with van der Waals surface area (Å²) in [6, 6.07) is 0. The highest BCUT2D eigenvalue weighted by molar-refractivity contribution is 4.89. The van der Waals surface area contributed by atoms with Crippen LogP contribution in [-0.2, 0) is 0 Å². The molecule has 0 aromatic rings. The Balaban J connectivity index is 2.51. The van der Waals surface area contributed by atoms with E-state index in [1.165, 1.54) is 12.8 Å². The molecule has 0 bridgehead atoms. The van der Waals surface area contributed by atoms with Crippen molar-refractivity contribution in [1.29, 1.82) is 0 Å². The van der Waals surface area contributed by atoms with Gasteiger partial charge in [0.25, 0.3) is 0 Å². The van der Waals surface area contributed by atoms with Crippen molar-refractivity contribution >= 4 is 0 Å². The number of hydrogen-bond acceptors (Lipinski definition) is 1. The minimum Gasteiger partial charge on any atom is -0.328 e. The molecule has 0 heterocycles. The van der Waals surface area contributed by atoms with Crippen molar-refractivity contribution in [3.8, 4) is 0 Å². The zero-order chi connectivity index (χ0) is 9.90. The number of alkyl halides is 1. The van der Waals surface area contributed by atoms with E-state index >= 15 is 0 Å². The lowest BCUT2D eigenvalue weighted by atomic mass is 9.74. The van der Waals surface area contributed by atoms with Crippen LogP contribution in [-0.4, -0.2) is 12.2 Å². The average molecular weight is 187 g/mol. The maximum Gasteiger partial charge on any atom is 0.125 e. The van der Waals surface area contributed by atoms with Gasteiger partial charge in [-0.3, -0.25) is 0 Å². The lowest BCUT2D eigenvalue weighted by molar-refractivity contribution is 0.0514. The first-order valence-electron chi connectivity index (χ1n) is 5.51. The minimum absolute atomic E-state index is 0.197. The Morgan fingerprint density at radius 3 is 2.23 bits per heavy atom. The highest BCUT2D eigenvalue weighted by Gasteiger charge is 2.37. The summed E-state index contributed by atoms with van der Waals surface area (Å²) >= 11 is 0. The molecule has 0 amide bonds. The molecule has 2 heteroatoms. The highest BCUT2D eigenvalue weighted by Crippen LogP contribution is 2.38. The third-order valence-electron chi connectivity index (χ3n) is 3.67. The van der Waals surface area contributed by atoms with Crippen LogP contribution < -0.4 is 5.73 Å². The lowest BCUT2D eigenvalue weighted by Crippen LogP contribution is -2.41. The van der Waals surface area contributed by atoms with E-state index in [1.54, 1.807) is 0 Å². The van der Waals surface area contributed by atoms with Gasteiger partial charge in [0, 0.05) is 6.54 Å². The Morgan fingerprint density at radius 1 is 1.31 bits per heavy atom. The molecule has 13 heavy (non-hydrogen) atoms. The Bertz CT molecular complexity index is 146. The first kappa shape index (κ1) is 11.0. The number of rotatable bonds is 3. The quantitative estimate of drug-likeness (QED) is 0.722. The van der Waals surface area contributed by atoms with Crippen molar-refractivity contribution in [1.82, 2.24) is 0 Å². The second-order valence-corrected chi connectivity index (χ2v) is 4.55. The van der Waals surface area contributed by atoms with Crippen LogP contribution in [0.4, 0.5) is 4.39 Å². The molecule has 1 aliphatic carbocycles. The van der Waals surface area contributed by atoms with Gasteiger partial charge in [-0.2, -0.15) is 0 Å². The molecule has 0 aliphatic heterocycles. The second kappa shape index (κ2) is 4.41. The van der Waals surface area contributed by atoms with Gasteiger partial charge in [-0.1, -0.05) is 26.7 Å². The summed E-state index contributed by atoms with van der Waals surface area (Å²) in [5, 5.41) is 0. The van der Waals surface area contributed by atoms with E-state index in [4.69, 9.17) is 5.73 Å². The molecule has 1 nitrogen and oxygen atoms in total. The van der Waals surface area contributed by atoms with E-state index in [9.17, 15) is 4.39 Å². The Hall–Kier alpha value is -0.110. The molecule has 0 aromatic heterocycles. The zero-order valence-corrected chi connectivity index (χ0v) is 8.85. The van der Waals surface area contributed by atoms with Crippen LogP contribution in [0, 0.1) is 11.8 Å². The van der Waals surface area contributed by atoms with Crippen LogP contribution in [0.25, 0.3) is 0 Å². The maximum absolute atomic E-state index is 14.1. The highest BCUT2D eigenvalue weighted by atomic mass is 19.1. The van der Waals surface area contributed by atoms with E-state index in [0.717, 1.165) is 18.8 Å². The SMILES string of the molecule is CCC(F)(CN)C1CCC(C)CC1. The fourth-order valence-electron chi connectivity index (χ4n) is 2.38. The second-order valence-electron chi connectivity index (χ2n) is 4.55. The zero-order valence-electron chi connectivity index (χ0n) is 8.85. The van der Waals surface area contributed by atoms with Gasteiger partial charge in [-0.25, -0.2) is 4.39 Å². The monoisotopic (exact) mass is 187 g/mol. The molecular weight excluding hydrogens is 165 g/mol. The van der Waals surface area contributed by atoms with E-state index in [0.29, 0.717) is 6.42 Å². The van der Waals surface area contributed by atoms with Crippen LogP contribution in [0.5, 0.6) is 0 Å². The number of nitrogens with two attached hydrogens (primary N) is 1. The van der Waals surface area contributed by atoms with Gasteiger partial charge in [0.1, 0.15) is 5.67 Å². The van der Waals surface area contributed by atoms with Gasteiger partial charge < -0.3 is 5.73 Å². The predicted molar refractivity (Wildman–Crippen MR) is 54.3 cm³/mol. The summed E-state index contributed by atoms with van der Waals surface area (Å²) in [5.74, 6) is 1.01. The molecule has 78 valence electrons. The average Bonchev–Trinajstić information content (AvgIpc) is 2.18. The van der Waals surface area contributed by atoms with Crippen molar-refractivity contribution < 1.29 is 4.39 Å². The minimum atomic E-state index is -1.08. The van der Waals surface area contributed by atoms with Gasteiger partial charge >= 0.3 is 0 Å². The predicted octanol–water partition coefficient (Wildman–Crippen LogP) is 2.89. The van der Waals surface area contributed by atoms with Gasteiger partial charge in [-0.15, -0.1) is 0 Å². The van der Waals surface area contributed by atoms with Crippen LogP contribution in [0.2, 0.25) is 0 Å². The van der Waals surface area contributed by atoms with Crippen molar-refractivity contribution in [2.75, 3.05) is 6.54 Å². The Labute approximate surface area is 80.9 Å². The van der Waals surface area contributed by atoms with Gasteiger partial charge in [-0.05, 0) is 31.1 Å². The molecule has 2 N–H and O–H groups in total. The molecular formula is C11H22FN. The standard InChI is InChI=1S/C11H22FN/c1-3-11(12,8-13)10-6-4-9(2)5-7-10/h9-10H,3-8,13H2,1-2H3. The van der Waals surface area contributed by atoms with E-state index in [-0.39, 0.29) is 12.5 Å². The summed E-state index contributed by atoms with van der Waals surface area (Å²) < 4.78 is 14.1. The fourth-order valence-corrected chi connectivity index (χ4v) is 2.38. The smallest absolute Gasteiger partial charge is 0.125 e. The molecule has 1 atom stereocenters. The maximum atomic E-state index is 14.1. The molecule has 1 aliphatic rings. The summed E-state index contributed by atoms with van der Waals surface area (Å²) in [7, 11) is 0. The topological polar surface area (TPSA) is 26.0 Å². The van der Waals surface area contributed by atoms with Crippen LogP contribution in [0.3, 0.4) is 0 Å². The lowest BCUT2D eigenvalue weighted by Gasteiger charge is -2.36. The Kier molecular flexibility index (Phi) is 3.72. The van der Waals surface area contributed by atoms with Crippen molar-refractivity contribution in [3.05, 3.63) is 0 Å². The molecule has 1 fully saturated rings. The summed E-state index contributed by atoms with van der Waals surface area (Å²) in [4.78, 5) is 0. The molecule has 1 saturated carbocycles. The fraction of sp³-hybridized carbons (Fsp3) is 1.00. The van der Waals surface area contributed by atoms with Crippen molar-refractivity contribution in [3.63, 3.8) is 0 Å². The first-order chi connectivity index (χ1) is 6.12. The first-order valence-corrected chi connectivity index (χ1v) is 5.51. The van der Waals surface area contributed by atoms with E-state index in [1.807, 2.05) is 6.92 Å². The summed E-state index contributed by atoms with van der Waals surface area (Å²) in [5.41, 5.74) is 4.42. The number of hydrogen-bond donors (Lipinski definition) is 1. The largest absolute Gasteiger partial charge is 0.328 e. The molecule has 1 rings (SSSR count). The summed E-state index contributed by atoms with van der Waals surface area (Å²) in [6.07, 6.45) is 4.99. The third-order valence-corrected chi connectivity index (χ3v) is 3.67. The normalized spacial score (nSPS) is 34.2. The molecule has 0 radical (unpaired) electrons. The summed E-state index contributed by atoms with van der Waals surface area (Å²) in [6.45, 7) is 4.36. The van der Waals surface area contributed by atoms with Gasteiger partial charge in [0.15, 0.2) is 0 Å². The molecule has 0 aromatic carbocycles. The number of halogens is 1. The van der Waals surface area contributed by atoms with Gasteiger partial charge in [0.05, 0.1) is 0 Å². The molecule has 0 saturated heterocycles. The van der Waals surface area contributed by atoms with Crippen LogP contribution in [0.1, 0.15) is 46.0 Å². The van der Waals surface area contributed by atoms with Crippen molar-refractivity contribution in [2.45, 2.75) is 51.6 Å². The van der Waals surface area contributed by atoms with E-state index in [2.05, 4.69) is 6.92 Å². The van der Waals surface area contributed by atoms with E-state index < -0.39 is 5.67 Å². The van der Waals surface area contributed by atoms with Crippen LogP contribution >= 0.6 is 0 Å². The van der Waals surface area contributed by atoms with Gasteiger partial charge in [0.2, 0.25) is 0 Å². The molecule has 1 unspecified atom stereocenters. The molecule has 0 spiro atoms. The Morgan fingerprint density at radius 2 is 1.85 bits per heavy atom.